The summed E-state index contributed by atoms with van der Waals surface area (Å²) in [6.45, 7) is 6.67. The first-order valence-corrected chi connectivity index (χ1v) is 9.78. The van der Waals surface area contributed by atoms with Crippen molar-refractivity contribution in [3.63, 3.8) is 0 Å². The molecule has 0 radical (unpaired) electrons. The second-order valence-corrected chi connectivity index (χ2v) is 7.97. The van der Waals surface area contributed by atoms with Gasteiger partial charge in [0.05, 0.1) is 19.8 Å². The largest absolute Gasteiger partial charge is 0.496 e. The van der Waals surface area contributed by atoms with Crippen molar-refractivity contribution < 1.29 is 19.0 Å². The summed E-state index contributed by atoms with van der Waals surface area (Å²) in [5.41, 5.74) is 3.64. The number of methoxy groups -OCH3 is 2. The highest BCUT2D eigenvalue weighted by Crippen LogP contribution is 2.40. The Hall–Kier alpha value is -3.34. The molecule has 0 saturated heterocycles. The molecule has 5 heteroatoms. The van der Waals surface area contributed by atoms with Crippen LogP contribution in [0.5, 0.6) is 11.6 Å². The van der Waals surface area contributed by atoms with Crippen LogP contribution in [0.25, 0.3) is 11.1 Å². The van der Waals surface area contributed by atoms with Gasteiger partial charge in [-0.15, -0.1) is 0 Å². The molecule has 0 aliphatic carbocycles. The van der Waals surface area contributed by atoms with E-state index in [1.165, 1.54) is 7.11 Å². The van der Waals surface area contributed by atoms with Gasteiger partial charge in [0.1, 0.15) is 12.4 Å². The normalized spacial score (nSPS) is 11.1. The fourth-order valence-corrected chi connectivity index (χ4v) is 3.27. The molecule has 0 fully saturated rings. The highest BCUT2D eigenvalue weighted by Gasteiger charge is 2.26. The van der Waals surface area contributed by atoms with E-state index in [0.717, 1.165) is 16.7 Å². The lowest BCUT2D eigenvalue weighted by Crippen LogP contribution is -2.15. The van der Waals surface area contributed by atoms with Gasteiger partial charge < -0.3 is 14.2 Å². The number of hydrogen-bond acceptors (Lipinski definition) is 5. The smallest absolute Gasteiger partial charge is 0.338 e. The first kappa shape index (κ1) is 21.4. The fourth-order valence-electron chi connectivity index (χ4n) is 3.27. The zero-order chi connectivity index (χ0) is 21.7. The van der Waals surface area contributed by atoms with Crippen molar-refractivity contribution in [1.82, 2.24) is 4.98 Å². The van der Waals surface area contributed by atoms with Gasteiger partial charge in [0.15, 0.2) is 0 Å². The minimum Gasteiger partial charge on any atom is -0.496 e. The summed E-state index contributed by atoms with van der Waals surface area (Å²) in [4.78, 5) is 17.0. The molecule has 0 aliphatic rings. The predicted octanol–water partition coefficient (Wildman–Crippen LogP) is 5.42. The zero-order valence-electron chi connectivity index (χ0n) is 18.1. The van der Waals surface area contributed by atoms with E-state index in [1.807, 2.05) is 48.5 Å². The molecule has 0 saturated carbocycles. The Morgan fingerprint density at radius 2 is 1.70 bits per heavy atom. The average Bonchev–Trinajstić information content (AvgIpc) is 2.76. The molecule has 0 unspecified atom stereocenters. The molecule has 0 aliphatic heterocycles. The van der Waals surface area contributed by atoms with E-state index in [9.17, 15) is 4.79 Å². The molecule has 5 nitrogen and oxygen atoms in total. The van der Waals surface area contributed by atoms with Crippen LogP contribution in [-0.4, -0.2) is 25.2 Å². The van der Waals surface area contributed by atoms with E-state index in [4.69, 9.17) is 14.2 Å². The Morgan fingerprint density at radius 1 is 0.967 bits per heavy atom. The molecule has 0 spiro atoms. The number of carbonyl (C=O) groups excluding carboxylic acids is 1. The standard InChI is InChI=1S/C25H27NO4/c1-25(2,3)21-14-19(20(24(27)29-5)15-22(21)28-4)18-12-9-13-26-23(18)30-16-17-10-7-6-8-11-17/h6-15H,16H2,1-5H3. The third-order valence-corrected chi connectivity index (χ3v) is 4.83. The van der Waals surface area contributed by atoms with E-state index >= 15 is 0 Å². The van der Waals surface area contributed by atoms with E-state index < -0.39 is 5.97 Å². The molecule has 3 aromatic rings. The molecule has 0 N–H and O–H groups in total. The number of aromatic nitrogens is 1. The molecular formula is C25H27NO4. The van der Waals surface area contributed by atoms with Crippen LogP contribution in [0.15, 0.2) is 60.8 Å². The fraction of sp³-hybridized carbons (Fsp3) is 0.280. The maximum Gasteiger partial charge on any atom is 0.338 e. The number of hydrogen-bond donors (Lipinski definition) is 0. The lowest BCUT2D eigenvalue weighted by molar-refractivity contribution is 0.0601. The van der Waals surface area contributed by atoms with Gasteiger partial charge >= 0.3 is 5.97 Å². The number of nitrogens with zero attached hydrogens (tertiary/aromatic N) is 1. The number of pyridine rings is 1. The number of ether oxygens (including phenoxy) is 3. The first-order valence-electron chi connectivity index (χ1n) is 9.78. The number of rotatable bonds is 6. The van der Waals surface area contributed by atoms with Crippen LogP contribution in [0.4, 0.5) is 0 Å². The molecule has 156 valence electrons. The molecule has 1 heterocycles. The second-order valence-electron chi connectivity index (χ2n) is 7.97. The van der Waals surface area contributed by atoms with Crippen molar-refractivity contribution in [3.8, 4) is 22.8 Å². The van der Waals surface area contributed by atoms with Gasteiger partial charge in [-0.25, -0.2) is 9.78 Å². The first-order chi connectivity index (χ1) is 14.3. The van der Waals surface area contributed by atoms with Gasteiger partial charge in [0, 0.05) is 22.9 Å². The lowest BCUT2D eigenvalue weighted by Gasteiger charge is -2.24. The van der Waals surface area contributed by atoms with Gasteiger partial charge in [-0.2, -0.15) is 0 Å². The molecule has 0 bridgehead atoms. The van der Waals surface area contributed by atoms with Gasteiger partial charge in [0.25, 0.3) is 0 Å². The van der Waals surface area contributed by atoms with Crippen LogP contribution in [0.3, 0.4) is 0 Å². The minimum atomic E-state index is -0.443. The minimum absolute atomic E-state index is 0.192. The van der Waals surface area contributed by atoms with Crippen LogP contribution in [-0.2, 0) is 16.8 Å². The van der Waals surface area contributed by atoms with Gasteiger partial charge in [-0.1, -0.05) is 51.1 Å². The van der Waals surface area contributed by atoms with Crippen molar-refractivity contribution in [1.29, 1.82) is 0 Å². The van der Waals surface area contributed by atoms with E-state index in [-0.39, 0.29) is 5.41 Å². The van der Waals surface area contributed by atoms with Crippen LogP contribution < -0.4 is 9.47 Å². The number of esters is 1. The Kier molecular flexibility index (Phi) is 6.40. The SMILES string of the molecule is COC(=O)c1cc(OC)c(C(C)(C)C)cc1-c1cccnc1OCc1ccccc1. The highest BCUT2D eigenvalue weighted by molar-refractivity contribution is 5.98. The Labute approximate surface area is 177 Å². The molecule has 0 amide bonds. The number of carbonyl (C=O) groups is 1. The number of benzene rings is 2. The van der Waals surface area contributed by atoms with Crippen molar-refractivity contribution >= 4 is 5.97 Å². The topological polar surface area (TPSA) is 57.7 Å². The van der Waals surface area contributed by atoms with Crippen molar-refractivity contribution in [2.24, 2.45) is 0 Å². The maximum atomic E-state index is 12.6. The van der Waals surface area contributed by atoms with Crippen LogP contribution in [0.1, 0.15) is 42.3 Å². The molecule has 1 aromatic heterocycles. The van der Waals surface area contributed by atoms with Crippen molar-refractivity contribution in [2.75, 3.05) is 14.2 Å². The molecular weight excluding hydrogens is 378 g/mol. The summed E-state index contributed by atoms with van der Waals surface area (Å²) >= 11 is 0. The predicted molar refractivity (Wildman–Crippen MR) is 117 cm³/mol. The monoisotopic (exact) mass is 405 g/mol. The Balaban J connectivity index is 2.13. The van der Waals surface area contributed by atoms with Gasteiger partial charge in [0.2, 0.25) is 5.88 Å². The summed E-state index contributed by atoms with van der Waals surface area (Å²) in [7, 11) is 2.97. The Morgan fingerprint density at radius 3 is 2.33 bits per heavy atom. The summed E-state index contributed by atoms with van der Waals surface area (Å²) in [5.74, 6) is 0.653. The third-order valence-electron chi connectivity index (χ3n) is 4.83. The van der Waals surface area contributed by atoms with Crippen LogP contribution >= 0.6 is 0 Å². The molecule has 30 heavy (non-hydrogen) atoms. The van der Waals surface area contributed by atoms with Gasteiger partial charge in [-0.3, -0.25) is 0 Å². The quantitative estimate of drug-likeness (QED) is 0.513. The maximum absolute atomic E-state index is 12.6. The van der Waals surface area contributed by atoms with Gasteiger partial charge in [-0.05, 0) is 35.2 Å². The lowest BCUT2D eigenvalue weighted by atomic mass is 9.83. The molecule has 3 rings (SSSR count). The summed E-state index contributed by atoms with van der Waals surface area (Å²) in [6.07, 6.45) is 1.68. The average molecular weight is 405 g/mol. The van der Waals surface area contributed by atoms with Crippen molar-refractivity contribution in [3.05, 3.63) is 77.5 Å². The second kappa shape index (κ2) is 8.99. The summed E-state index contributed by atoms with van der Waals surface area (Å²) in [6, 6.07) is 17.3. The zero-order valence-corrected chi connectivity index (χ0v) is 18.1. The van der Waals surface area contributed by atoms with E-state index in [0.29, 0.717) is 29.4 Å². The van der Waals surface area contributed by atoms with E-state index in [1.54, 1.807) is 19.4 Å². The molecule has 2 aromatic carbocycles. The highest BCUT2D eigenvalue weighted by atomic mass is 16.5. The molecule has 0 atom stereocenters. The van der Waals surface area contributed by atoms with Crippen molar-refractivity contribution in [2.45, 2.75) is 32.8 Å². The summed E-state index contributed by atoms with van der Waals surface area (Å²) in [5, 5.41) is 0. The van der Waals surface area contributed by atoms with Crippen LogP contribution in [0, 0.1) is 0 Å². The van der Waals surface area contributed by atoms with Crippen LogP contribution in [0.2, 0.25) is 0 Å². The summed E-state index contributed by atoms with van der Waals surface area (Å²) < 4.78 is 16.6. The van der Waals surface area contributed by atoms with E-state index in [2.05, 4.69) is 25.8 Å². The third kappa shape index (κ3) is 4.62. The Bertz CT molecular complexity index is 1020.